The summed E-state index contributed by atoms with van der Waals surface area (Å²) in [6, 6.07) is 13.9. The van der Waals surface area contributed by atoms with Crippen LogP contribution < -0.4 is 16.0 Å². The van der Waals surface area contributed by atoms with Crippen molar-refractivity contribution in [2.45, 2.75) is 46.2 Å². The van der Waals surface area contributed by atoms with Crippen molar-refractivity contribution in [1.82, 2.24) is 10.6 Å². The molecule has 28 heavy (non-hydrogen) atoms. The normalized spacial score (nSPS) is 11.4. The zero-order chi connectivity index (χ0) is 20.5. The van der Waals surface area contributed by atoms with Crippen molar-refractivity contribution in [3.63, 3.8) is 0 Å². The summed E-state index contributed by atoms with van der Waals surface area (Å²) in [5, 5.41) is 8.34. The maximum atomic E-state index is 12.3. The van der Waals surface area contributed by atoms with Gasteiger partial charge in [0.1, 0.15) is 6.04 Å². The Morgan fingerprint density at radius 1 is 1.04 bits per heavy atom. The fourth-order valence-corrected chi connectivity index (χ4v) is 2.68. The molecule has 0 fully saturated rings. The van der Waals surface area contributed by atoms with Crippen LogP contribution >= 0.6 is 0 Å². The first kappa shape index (κ1) is 21.2. The molecule has 0 bridgehead atoms. The number of anilines is 1. The van der Waals surface area contributed by atoms with Gasteiger partial charge >= 0.3 is 0 Å². The molecule has 0 saturated carbocycles. The van der Waals surface area contributed by atoms with Gasteiger partial charge in [0.15, 0.2) is 0 Å². The maximum Gasteiger partial charge on any atom is 0.251 e. The number of aryl methyl sites for hydroxylation is 1. The Bertz CT molecular complexity index is 848. The number of nitrogens with one attached hydrogen (secondary N) is 3. The Morgan fingerprint density at radius 2 is 1.79 bits per heavy atom. The third kappa shape index (κ3) is 6.54. The van der Waals surface area contributed by atoms with Gasteiger partial charge in [-0.3, -0.25) is 14.4 Å². The number of carbonyl (C=O) groups is 3. The monoisotopic (exact) mass is 381 g/mol. The smallest absolute Gasteiger partial charge is 0.251 e. The summed E-state index contributed by atoms with van der Waals surface area (Å²) in [7, 11) is 0. The Morgan fingerprint density at radius 3 is 2.50 bits per heavy atom. The molecule has 0 aromatic heterocycles. The first-order chi connectivity index (χ1) is 13.4. The van der Waals surface area contributed by atoms with E-state index in [1.54, 1.807) is 25.1 Å². The number of carbonyl (C=O) groups excluding carboxylic acids is 3. The standard InChI is InChI=1S/C22H27N3O3/c1-4-7-20(26)25-19-11-6-9-17(13-19)14-23-21(27)16(3)24-22(28)18-10-5-8-15(2)12-18/h5-6,8-13,16H,4,7,14H2,1-3H3,(H,23,27)(H,24,28)(H,25,26)/t16-/m0/s1. The van der Waals surface area contributed by atoms with Gasteiger partial charge in [-0.25, -0.2) is 0 Å². The number of hydrogen-bond acceptors (Lipinski definition) is 3. The van der Waals surface area contributed by atoms with E-state index in [0.717, 1.165) is 17.5 Å². The zero-order valence-corrected chi connectivity index (χ0v) is 16.5. The lowest BCUT2D eigenvalue weighted by molar-refractivity contribution is -0.122. The predicted molar refractivity (Wildman–Crippen MR) is 110 cm³/mol. The van der Waals surface area contributed by atoms with Crippen LogP contribution in [0.15, 0.2) is 48.5 Å². The van der Waals surface area contributed by atoms with Gasteiger partial charge < -0.3 is 16.0 Å². The summed E-state index contributed by atoms with van der Waals surface area (Å²) in [5.74, 6) is -0.593. The molecule has 3 N–H and O–H groups in total. The highest BCUT2D eigenvalue weighted by molar-refractivity contribution is 5.97. The fraction of sp³-hybridized carbons (Fsp3) is 0.318. The second-order valence-electron chi connectivity index (χ2n) is 6.78. The van der Waals surface area contributed by atoms with Crippen LogP contribution in [0.5, 0.6) is 0 Å². The van der Waals surface area contributed by atoms with Crippen LogP contribution in [0.2, 0.25) is 0 Å². The molecule has 2 aromatic rings. The molecule has 2 rings (SSSR count). The number of rotatable bonds is 8. The SMILES string of the molecule is CCCC(=O)Nc1cccc(CNC(=O)[C@H](C)NC(=O)c2cccc(C)c2)c1. The quantitative estimate of drug-likeness (QED) is 0.656. The fourth-order valence-electron chi connectivity index (χ4n) is 2.68. The molecule has 6 heteroatoms. The molecular weight excluding hydrogens is 354 g/mol. The molecule has 0 unspecified atom stereocenters. The van der Waals surface area contributed by atoms with Crippen LogP contribution in [-0.4, -0.2) is 23.8 Å². The molecule has 0 heterocycles. The minimum Gasteiger partial charge on any atom is -0.350 e. The molecular formula is C22H27N3O3. The zero-order valence-electron chi connectivity index (χ0n) is 16.5. The van der Waals surface area contributed by atoms with Gasteiger partial charge in [-0.1, -0.05) is 36.8 Å². The van der Waals surface area contributed by atoms with Gasteiger partial charge in [-0.15, -0.1) is 0 Å². The first-order valence-corrected chi connectivity index (χ1v) is 9.43. The number of benzene rings is 2. The average Bonchev–Trinajstić information content (AvgIpc) is 2.66. The predicted octanol–water partition coefficient (Wildman–Crippen LogP) is 3.17. The summed E-state index contributed by atoms with van der Waals surface area (Å²) < 4.78 is 0. The van der Waals surface area contributed by atoms with E-state index in [1.165, 1.54) is 0 Å². The van der Waals surface area contributed by atoms with Gasteiger partial charge in [0.25, 0.3) is 5.91 Å². The second-order valence-corrected chi connectivity index (χ2v) is 6.78. The average molecular weight is 381 g/mol. The molecule has 0 aliphatic carbocycles. The van der Waals surface area contributed by atoms with Crippen molar-refractivity contribution in [3.8, 4) is 0 Å². The van der Waals surface area contributed by atoms with Gasteiger partial charge in [0.05, 0.1) is 0 Å². The third-order valence-electron chi connectivity index (χ3n) is 4.18. The van der Waals surface area contributed by atoms with Gasteiger partial charge in [0.2, 0.25) is 11.8 Å². The van der Waals surface area contributed by atoms with Crippen molar-refractivity contribution < 1.29 is 14.4 Å². The van der Waals surface area contributed by atoms with Gasteiger partial charge in [-0.2, -0.15) is 0 Å². The largest absolute Gasteiger partial charge is 0.350 e. The first-order valence-electron chi connectivity index (χ1n) is 9.43. The van der Waals surface area contributed by atoms with E-state index in [0.29, 0.717) is 24.2 Å². The Hall–Kier alpha value is -3.15. The molecule has 3 amide bonds. The minimum absolute atomic E-state index is 0.0313. The van der Waals surface area contributed by atoms with Gasteiger partial charge in [0, 0.05) is 24.2 Å². The van der Waals surface area contributed by atoms with E-state index in [9.17, 15) is 14.4 Å². The number of hydrogen-bond donors (Lipinski definition) is 3. The summed E-state index contributed by atoms with van der Waals surface area (Å²) >= 11 is 0. The Balaban J connectivity index is 1.87. The summed E-state index contributed by atoms with van der Waals surface area (Å²) in [5.41, 5.74) is 3.07. The third-order valence-corrected chi connectivity index (χ3v) is 4.18. The number of amides is 3. The van der Waals surface area contributed by atoms with Crippen LogP contribution in [0.25, 0.3) is 0 Å². The Labute approximate surface area is 165 Å². The molecule has 0 aliphatic rings. The van der Waals surface area contributed by atoms with E-state index in [4.69, 9.17) is 0 Å². The highest BCUT2D eigenvalue weighted by Crippen LogP contribution is 2.11. The maximum absolute atomic E-state index is 12.3. The molecule has 6 nitrogen and oxygen atoms in total. The van der Waals surface area contributed by atoms with E-state index in [-0.39, 0.29) is 17.7 Å². The summed E-state index contributed by atoms with van der Waals surface area (Å²) in [4.78, 5) is 36.3. The second kappa shape index (κ2) is 10.3. The Kier molecular flexibility index (Phi) is 7.75. The van der Waals surface area contributed by atoms with Gasteiger partial charge in [-0.05, 0) is 50.1 Å². The lowest BCUT2D eigenvalue weighted by Crippen LogP contribution is -2.44. The molecule has 0 spiro atoms. The van der Waals surface area contributed by atoms with Crippen LogP contribution in [0.4, 0.5) is 5.69 Å². The molecule has 1 atom stereocenters. The van der Waals surface area contributed by atoms with Crippen LogP contribution in [0.3, 0.4) is 0 Å². The van der Waals surface area contributed by atoms with Crippen molar-refractivity contribution in [2.75, 3.05) is 5.32 Å². The van der Waals surface area contributed by atoms with Crippen molar-refractivity contribution in [1.29, 1.82) is 0 Å². The molecule has 0 saturated heterocycles. The van der Waals surface area contributed by atoms with Crippen molar-refractivity contribution in [3.05, 3.63) is 65.2 Å². The van der Waals surface area contributed by atoms with Crippen LogP contribution in [0, 0.1) is 6.92 Å². The summed E-state index contributed by atoms with van der Waals surface area (Å²) in [6.45, 7) is 5.81. The molecule has 148 valence electrons. The highest BCUT2D eigenvalue weighted by Gasteiger charge is 2.16. The van der Waals surface area contributed by atoms with Crippen LogP contribution in [0.1, 0.15) is 48.2 Å². The molecule has 0 aliphatic heterocycles. The van der Waals surface area contributed by atoms with E-state index in [1.807, 2.05) is 44.2 Å². The van der Waals surface area contributed by atoms with Crippen LogP contribution in [-0.2, 0) is 16.1 Å². The van der Waals surface area contributed by atoms with E-state index < -0.39 is 6.04 Å². The van der Waals surface area contributed by atoms with E-state index in [2.05, 4.69) is 16.0 Å². The highest BCUT2D eigenvalue weighted by atomic mass is 16.2. The lowest BCUT2D eigenvalue weighted by Gasteiger charge is -2.15. The topological polar surface area (TPSA) is 87.3 Å². The van der Waals surface area contributed by atoms with Crippen molar-refractivity contribution >= 4 is 23.4 Å². The summed E-state index contributed by atoms with van der Waals surface area (Å²) in [6.07, 6.45) is 1.26. The van der Waals surface area contributed by atoms with Crippen molar-refractivity contribution in [2.24, 2.45) is 0 Å². The minimum atomic E-state index is -0.666. The lowest BCUT2D eigenvalue weighted by atomic mass is 10.1. The van der Waals surface area contributed by atoms with E-state index >= 15 is 0 Å². The molecule has 2 aromatic carbocycles. The molecule has 0 radical (unpaired) electrons.